The van der Waals surface area contributed by atoms with Crippen LogP contribution in [0.25, 0.3) is 0 Å². The molecule has 34 heavy (non-hydrogen) atoms. The molecule has 2 fully saturated rings. The van der Waals surface area contributed by atoms with E-state index in [1.165, 1.54) is 17.5 Å². The third kappa shape index (κ3) is 5.26. The van der Waals surface area contributed by atoms with Gasteiger partial charge in [0.1, 0.15) is 5.75 Å². The molecule has 2 saturated heterocycles. The Labute approximate surface area is 200 Å². The summed E-state index contributed by atoms with van der Waals surface area (Å²) < 4.78 is 38.4. The maximum absolute atomic E-state index is 13.2. The zero-order valence-electron chi connectivity index (χ0n) is 19.4. The van der Waals surface area contributed by atoms with Gasteiger partial charge >= 0.3 is 5.97 Å². The number of piperidine rings is 1. The Bertz CT molecular complexity index is 1150. The predicted molar refractivity (Wildman–Crippen MR) is 128 cm³/mol. The van der Waals surface area contributed by atoms with Gasteiger partial charge in [-0.25, -0.2) is 13.2 Å². The number of methoxy groups -OCH3 is 1. The van der Waals surface area contributed by atoms with Crippen LogP contribution in [0.1, 0.15) is 52.8 Å². The molecule has 0 radical (unpaired) electrons. The number of anilines is 1. The number of carbonyl (C=O) groups excluding carboxylic acids is 2. The van der Waals surface area contributed by atoms with Crippen molar-refractivity contribution in [2.24, 2.45) is 0 Å². The molecule has 2 heterocycles. The molecule has 0 aliphatic carbocycles. The van der Waals surface area contributed by atoms with Crippen molar-refractivity contribution in [3.8, 4) is 5.75 Å². The van der Waals surface area contributed by atoms with Crippen molar-refractivity contribution in [1.29, 1.82) is 0 Å². The maximum Gasteiger partial charge on any atom is 0.340 e. The summed E-state index contributed by atoms with van der Waals surface area (Å²) in [4.78, 5) is 27.8. The van der Waals surface area contributed by atoms with Gasteiger partial charge < -0.3 is 14.4 Å². The van der Waals surface area contributed by atoms with Crippen LogP contribution in [0.5, 0.6) is 5.75 Å². The zero-order valence-corrected chi connectivity index (χ0v) is 20.2. The number of hydrogen-bond donors (Lipinski definition) is 0. The summed E-state index contributed by atoms with van der Waals surface area (Å²) in [6.07, 6.45) is 4.66. The number of ether oxygens (including phenoxy) is 2. The number of carbonyl (C=O) groups is 2. The molecule has 0 saturated carbocycles. The minimum absolute atomic E-state index is 0.0726. The number of hydrogen-bond acceptors (Lipinski definition) is 7. The number of esters is 1. The highest BCUT2D eigenvalue weighted by atomic mass is 32.2. The van der Waals surface area contributed by atoms with E-state index < -0.39 is 22.6 Å². The molecular weight excluding hydrogens is 456 g/mol. The second kappa shape index (κ2) is 10.6. The van der Waals surface area contributed by atoms with Crippen LogP contribution in [0.4, 0.5) is 5.69 Å². The third-order valence-corrected chi connectivity index (χ3v) is 8.21. The first-order valence-electron chi connectivity index (χ1n) is 11.6. The van der Waals surface area contributed by atoms with Crippen molar-refractivity contribution in [3.05, 3.63) is 53.6 Å². The van der Waals surface area contributed by atoms with Crippen molar-refractivity contribution in [2.45, 2.75) is 37.0 Å². The third-order valence-electron chi connectivity index (χ3n) is 6.31. The largest absolute Gasteiger partial charge is 0.497 e. The van der Waals surface area contributed by atoms with E-state index in [2.05, 4.69) is 4.90 Å². The van der Waals surface area contributed by atoms with Crippen LogP contribution in [0.2, 0.25) is 0 Å². The molecule has 0 unspecified atom stereocenters. The molecule has 8 nitrogen and oxygen atoms in total. The number of nitrogens with zero attached hydrogens (tertiary/aromatic N) is 2. The fourth-order valence-corrected chi connectivity index (χ4v) is 5.96. The van der Waals surface area contributed by atoms with E-state index in [9.17, 15) is 18.0 Å². The highest BCUT2D eigenvalue weighted by Crippen LogP contribution is 2.30. The van der Waals surface area contributed by atoms with E-state index in [1.54, 1.807) is 36.4 Å². The van der Waals surface area contributed by atoms with E-state index in [0.717, 1.165) is 45.2 Å². The number of sulfonamides is 1. The van der Waals surface area contributed by atoms with E-state index in [-0.39, 0.29) is 16.2 Å². The van der Waals surface area contributed by atoms with Crippen molar-refractivity contribution in [2.75, 3.05) is 44.8 Å². The maximum atomic E-state index is 13.2. The topological polar surface area (TPSA) is 93.2 Å². The van der Waals surface area contributed by atoms with Crippen molar-refractivity contribution in [3.63, 3.8) is 0 Å². The van der Waals surface area contributed by atoms with Gasteiger partial charge in [-0.15, -0.1) is 0 Å². The summed E-state index contributed by atoms with van der Waals surface area (Å²) in [5.41, 5.74) is 1.17. The van der Waals surface area contributed by atoms with Crippen LogP contribution in [-0.2, 0) is 14.8 Å². The molecule has 0 spiro atoms. The summed E-state index contributed by atoms with van der Waals surface area (Å²) in [5, 5.41) is 0. The van der Waals surface area contributed by atoms with Crippen LogP contribution in [0.3, 0.4) is 0 Å². The van der Waals surface area contributed by atoms with E-state index in [4.69, 9.17) is 9.47 Å². The molecule has 0 amide bonds. The number of rotatable bonds is 8. The van der Waals surface area contributed by atoms with Gasteiger partial charge in [-0.05, 0) is 56.0 Å². The fourth-order valence-electron chi connectivity index (χ4n) is 4.42. The Morgan fingerprint density at radius 2 is 1.62 bits per heavy atom. The predicted octanol–water partition coefficient (Wildman–Crippen LogP) is 3.51. The van der Waals surface area contributed by atoms with Crippen LogP contribution in [0.15, 0.2) is 47.4 Å². The lowest BCUT2D eigenvalue weighted by molar-refractivity contribution is 0.0475. The van der Waals surface area contributed by atoms with E-state index >= 15 is 0 Å². The molecule has 2 aliphatic heterocycles. The van der Waals surface area contributed by atoms with Gasteiger partial charge in [-0.3, -0.25) is 4.79 Å². The smallest absolute Gasteiger partial charge is 0.340 e. The Morgan fingerprint density at radius 3 is 2.32 bits per heavy atom. The van der Waals surface area contributed by atoms with Crippen LogP contribution < -0.4 is 9.64 Å². The molecule has 2 aromatic carbocycles. The summed E-state index contributed by atoms with van der Waals surface area (Å²) in [7, 11) is -2.21. The average Bonchev–Trinajstić information content (AvgIpc) is 3.42. The lowest BCUT2D eigenvalue weighted by atomic mass is 10.1. The SMILES string of the molecule is COc1cccc(C(=O)COC(=O)c2cc(S(=O)(=O)N3CCCCC3)ccc2N2CCCC2)c1. The van der Waals surface area contributed by atoms with Crippen LogP contribution in [-0.4, -0.2) is 64.4 Å². The minimum Gasteiger partial charge on any atom is -0.497 e. The zero-order chi connectivity index (χ0) is 24.1. The lowest BCUT2D eigenvalue weighted by Gasteiger charge is -2.27. The Morgan fingerprint density at radius 1 is 0.912 bits per heavy atom. The average molecular weight is 487 g/mol. The molecule has 0 aromatic heterocycles. The number of ketones is 1. The lowest BCUT2D eigenvalue weighted by Crippen LogP contribution is -2.35. The van der Waals surface area contributed by atoms with Gasteiger partial charge in [0.25, 0.3) is 0 Å². The number of Topliss-reactive ketones (excluding diaryl/α,β-unsaturated/α-hetero) is 1. The molecular formula is C25H30N2O6S. The molecule has 0 bridgehead atoms. The van der Waals surface area contributed by atoms with Gasteiger partial charge in [-0.1, -0.05) is 18.6 Å². The van der Waals surface area contributed by atoms with Gasteiger partial charge in [-0.2, -0.15) is 4.31 Å². The normalized spacial score (nSPS) is 16.9. The van der Waals surface area contributed by atoms with Crippen molar-refractivity contribution >= 4 is 27.5 Å². The first-order valence-corrected chi connectivity index (χ1v) is 13.1. The second-order valence-electron chi connectivity index (χ2n) is 8.57. The Kier molecular flexibility index (Phi) is 7.53. The van der Waals surface area contributed by atoms with Crippen LogP contribution in [0, 0.1) is 0 Å². The van der Waals surface area contributed by atoms with Gasteiger partial charge in [0, 0.05) is 31.7 Å². The fraction of sp³-hybridized carbons (Fsp3) is 0.440. The monoisotopic (exact) mass is 486 g/mol. The van der Waals surface area contributed by atoms with Crippen LogP contribution >= 0.6 is 0 Å². The van der Waals surface area contributed by atoms with Crippen molar-refractivity contribution in [1.82, 2.24) is 4.31 Å². The summed E-state index contributed by atoms with van der Waals surface area (Å²) in [6, 6.07) is 11.3. The highest BCUT2D eigenvalue weighted by Gasteiger charge is 2.29. The second-order valence-corrected chi connectivity index (χ2v) is 10.5. The quantitative estimate of drug-likeness (QED) is 0.416. The van der Waals surface area contributed by atoms with Gasteiger partial charge in [0.2, 0.25) is 10.0 Å². The summed E-state index contributed by atoms with van der Waals surface area (Å²) >= 11 is 0. The Hall–Kier alpha value is -2.91. The van der Waals surface area contributed by atoms with E-state index in [1.807, 2.05) is 0 Å². The van der Waals surface area contributed by atoms with Gasteiger partial charge in [0.05, 0.1) is 23.3 Å². The summed E-state index contributed by atoms with van der Waals surface area (Å²) in [5.74, 6) is -0.551. The highest BCUT2D eigenvalue weighted by molar-refractivity contribution is 7.89. The standard InChI is InChI=1S/C25H30N2O6S/c1-32-20-9-7-8-19(16-20)24(28)18-33-25(29)22-17-21(10-11-23(22)26-12-5-6-13-26)34(30,31)27-14-3-2-4-15-27/h7-11,16-17H,2-6,12-15,18H2,1H3. The molecule has 182 valence electrons. The first kappa shape index (κ1) is 24.2. The number of benzene rings is 2. The molecule has 0 N–H and O–H groups in total. The molecule has 4 rings (SSSR count). The van der Waals surface area contributed by atoms with E-state index in [0.29, 0.717) is 30.1 Å². The van der Waals surface area contributed by atoms with Gasteiger partial charge in [0.15, 0.2) is 12.4 Å². The molecule has 2 aromatic rings. The van der Waals surface area contributed by atoms with Crippen molar-refractivity contribution < 1.29 is 27.5 Å². The minimum atomic E-state index is -3.71. The molecule has 0 atom stereocenters. The Balaban J connectivity index is 1.58. The summed E-state index contributed by atoms with van der Waals surface area (Å²) in [6.45, 7) is 2.06. The molecule has 2 aliphatic rings. The molecule has 9 heteroatoms. The first-order chi connectivity index (χ1) is 16.4.